The second-order valence-electron chi connectivity index (χ2n) is 5.80. The Morgan fingerprint density at radius 3 is 2.20 bits per heavy atom. The second-order valence-corrected chi connectivity index (χ2v) is 9.33. The molecule has 1 aliphatic rings. The summed E-state index contributed by atoms with van der Waals surface area (Å²) in [4.78, 5) is 0.274. The third kappa shape index (κ3) is 3.50. The molecule has 1 atom stereocenters. The first-order valence-electron chi connectivity index (χ1n) is 7.64. The number of hydrogen-bond donors (Lipinski definition) is 0. The SMILES string of the molecule is COc1ccc(C2CC(Br)=C(Br)N2S(=O)(=O)c2ccc(C)cc2)cc1. The number of ether oxygens (including phenoxy) is 1. The van der Waals surface area contributed by atoms with Crippen LogP contribution in [0.4, 0.5) is 0 Å². The Bertz CT molecular complexity index is 906. The van der Waals surface area contributed by atoms with Crippen LogP contribution >= 0.6 is 31.9 Å². The minimum atomic E-state index is -3.68. The largest absolute Gasteiger partial charge is 0.497 e. The van der Waals surface area contributed by atoms with E-state index in [4.69, 9.17) is 4.74 Å². The van der Waals surface area contributed by atoms with Gasteiger partial charge in [0.05, 0.1) is 18.0 Å². The van der Waals surface area contributed by atoms with Gasteiger partial charge in [-0.2, -0.15) is 0 Å². The number of nitrogens with zero attached hydrogens (tertiary/aromatic N) is 1. The van der Waals surface area contributed by atoms with E-state index in [1.54, 1.807) is 31.4 Å². The van der Waals surface area contributed by atoms with Crippen molar-refractivity contribution in [3.05, 3.63) is 68.7 Å². The molecule has 1 aliphatic heterocycles. The number of sulfonamides is 1. The first-order valence-corrected chi connectivity index (χ1v) is 10.7. The fraction of sp³-hybridized carbons (Fsp3) is 0.222. The summed E-state index contributed by atoms with van der Waals surface area (Å²) >= 11 is 6.93. The van der Waals surface area contributed by atoms with E-state index in [0.29, 0.717) is 11.0 Å². The van der Waals surface area contributed by atoms with Crippen LogP contribution in [0.2, 0.25) is 0 Å². The molecule has 0 radical (unpaired) electrons. The van der Waals surface area contributed by atoms with Gasteiger partial charge in [0.2, 0.25) is 0 Å². The van der Waals surface area contributed by atoms with Crippen molar-refractivity contribution < 1.29 is 13.2 Å². The summed E-state index contributed by atoms with van der Waals surface area (Å²) < 4.78 is 34.4. The molecule has 1 heterocycles. The molecule has 0 saturated heterocycles. The Labute approximate surface area is 164 Å². The zero-order valence-electron chi connectivity index (χ0n) is 13.7. The lowest BCUT2D eigenvalue weighted by molar-refractivity contribution is 0.412. The van der Waals surface area contributed by atoms with Crippen LogP contribution in [0.25, 0.3) is 0 Å². The standard InChI is InChI=1S/C18H17Br2NO3S/c1-12-3-9-15(10-4-12)25(22,23)21-17(11-16(19)18(21)20)13-5-7-14(24-2)8-6-13/h3-10,17H,11H2,1-2H3. The number of benzene rings is 2. The maximum Gasteiger partial charge on any atom is 0.265 e. The van der Waals surface area contributed by atoms with Crippen LogP contribution in [0.1, 0.15) is 23.6 Å². The Morgan fingerprint density at radius 2 is 1.64 bits per heavy atom. The van der Waals surface area contributed by atoms with Gasteiger partial charge in [-0.1, -0.05) is 45.8 Å². The molecule has 1 unspecified atom stereocenters. The molecule has 0 amide bonds. The lowest BCUT2D eigenvalue weighted by Gasteiger charge is -2.27. The van der Waals surface area contributed by atoms with Crippen molar-refractivity contribution in [1.82, 2.24) is 4.31 Å². The van der Waals surface area contributed by atoms with E-state index in [1.165, 1.54) is 4.31 Å². The van der Waals surface area contributed by atoms with E-state index in [-0.39, 0.29) is 10.9 Å². The normalized spacial score (nSPS) is 17.9. The molecule has 7 heteroatoms. The highest BCUT2D eigenvalue weighted by molar-refractivity contribution is 9.14. The van der Waals surface area contributed by atoms with Crippen LogP contribution in [-0.2, 0) is 10.0 Å². The number of aryl methyl sites for hydroxylation is 1. The van der Waals surface area contributed by atoms with Gasteiger partial charge < -0.3 is 4.74 Å². The zero-order chi connectivity index (χ0) is 18.2. The van der Waals surface area contributed by atoms with Crippen LogP contribution in [0, 0.1) is 6.92 Å². The predicted octanol–water partition coefficient (Wildman–Crippen LogP) is 5.10. The van der Waals surface area contributed by atoms with Crippen LogP contribution in [0.3, 0.4) is 0 Å². The molecule has 25 heavy (non-hydrogen) atoms. The Morgan fingerprint density at radius 1 is 1.04 bits per heavy atom. The Kier molecular flexibility index (Phi) is 5.27. The van der Waals surface area contributed by atoms with Crippen molar-refractivity contribution in [2.24, 2.45) is 0 Å². The van der Waals surface area contributed by atoms with E-state index in [1.807, 2.05) is 31.2 Å². The Balaban J connectivity index is 2.04. The van der Waals surface area contributed by atoms with Crippen molar-refractivity contribution in [1.29, 1.82) is 0 Å². The molecule has 132 valence electrons. The number of halogens is 2. The van der Waals surface area contributed by atoms with Crippen molar-refractivity contribution >= 4 is 41.9 Å². The van der Waals surface area contributed by atoms with E-state index in [0.717, 1.165) is 21.4 Å². The average molecular weight is 487 g/mol. The van der Waals surface area contributed by atoms with Gasteiger partial charge in [0.15, 0.2) is 0 Å². The molecule has 0 fully saturated rings. The molecule has 4 nitrogen and oxygen atoms in total. The van der Waals surface area contributed by atoms with Crippen LogP contribution in [0.5, 0.6) is 5.75 Å². The molecule has 2 aromatic carbocycles. The summed E-state index contributed by atoms with van der Waals surface area (Å²) in [6.45, 7) is 1.93. The smallest absolute Gasteiger partial charge is 0.265 e. The minimum Gasteiger partial charge on any atom is -0.497 e. The van der Waals surface area contributed by atoms with Gasteiger partial charge in [-0.05, 0) is 52.7 Å². The van der Waals surface area contributed by atoms with Gasteiger partial charge >= 0.3 is 0 Å². The van der Waals surface area contributed by atoms with Gasteiger partial charge in [-0.15, -0.1) is 0 Å². The monoisotopic (exact) mass is 485 g/mol. The molecule has 0 N–H and O–H groups in total. The Hall–Kier alpha value is -1.31. The first-order chi connectivity index (χ1) is 11.8. The quantitative estimate of drug-likeness (QED) is 0.565. The molecule has 3 rings (SSSR count). The summed E-state index contributed by atoms with van der Waals surface area (Å²) in [5.41, 5.74) is 1.92. The van der Waals surface area contributed by atoms with Crippen molar-refractivity contribution in [2.45, 2.75) is 24.3 Å². The summed E-state index contributed by atoms with van der Waals surface area (Å²) in [5, 5.41) is 0. The third-order valence-electron chi connectivity index (χ3n) is 4.15. The maximum absolute atomic E-state index is 13.2. The molecule has 2 aromatic rings. The number of hydrogen-bond acceptors (Lipinski definition) is 3. The number of methoxy groups -OCH3 is 1. The van der Waals surface area contributed by atoms with Gasteiger partial charge in [-0.25, -0.2) is 8.42 Å². The summed E-state index contributed by atoms with van der Waals surface area (Å²) in [5.74, 6) is 0.737. The van der Waals surface area contributed by atoms with Gasteiger partial charge in [0.1, 0.15) is 10.4 Å². The first kappa shape index (κ1) is 18.5. The lowest BCUT2D eigenvalue weighted by atomic mass is 10.1. The van der Waals surface area contributed by atoms with Gasteiger partial charge in [0, 0.05) is 10.9 Å². The van der Waals surface area contributed by atoms with Crippen molar-refractivity contribution in [2.75, 3.05) is 7.11 Å². The highest BCUT2D eigenvalue weighted by Gasteiger charge is 2.39. The lowest BCUT2D eigenvalue weighted by Crippen LogP contribution is -2.29. The summed E-state index contributed by atoms with van der Waals surface area (Å²) in [7, 11) is -2.08. The van der Waals surface area contributed by atoms with E-state index in [9.17, 15) is 8.42 Å². The molecular formula is C18H17Br2NO3S. The second kappa shape index (κ2) is 7.13. The predicted molar refractivity (Wildman–Crippen MR) is 105 cm³/mol. The van der Waals surface area contributed by atoms with E-state index >= 15 is 0 Å². The molecule has 0 saturated carbocycles. The zero-order valence-corrected chi connectivity index (χ0v) is 17.7. The topological polar surface area (TPSA) is 46.6 Å². The summed E-state index contributed by atoms with van der Waals surface area (Å²) in [6, 6.07) is 14.0. The van der Waals surface area contributed by atoms with Crippen LogP contribution < -0.4 is 4.74 Å². The van der Waals surface area contributed by atoms with Crippen molar-refractivity contribution in [3.63, 3.8) is 0 Å². The van der Waals surface area contributed by atoms with E-state index < -0.39 is 10.0 Å². The maximum atomic E-state index is 13.2. The average Bonchev–Trinajstić information content (AvgIpc) is 2.91. The number of rotatable bonds is 4. The van der Waals surface area contributed by atoms with Crippen molar-refractivity contribution in [3.8, 4) is 5.75 Å². The van der Waals surface area contributed by atoms with Crippen LogP contribution in [-0.4, -0.2) is 19.8 Å². The molecule has 0 spiro atoms. The summed E-state index contributed by atoms with van der Waals surface area (Å²) in [6.07, 6.45) is 0.567. The van der Waals surface area contributed by atoms with Gasteiger partial charge in [-0.3, -0.25) is 4.31 Å². The van der Waals surface area contributed by atoms with Crippen LogP contribution in [0.15, 0.2) is 62.5 Å². The fourth-order valence-electron chi connectivity index (χ4n) is 2.77. The molecule has 0 bridgehead atoms. The molecule has 0 aromatic heterocycles. The highest BCUT2D eigenvalue weighted by Crippen LogP contribution is 2.47. The third-order valence-corrected chi connectivity index (χ3v) is 8.30. The van der Waals surface area contributed by atoms with Gasteiger partial charge in [0.25, 0.3) is 10.0 Å². The minimum absolute atomic E-state index is 0.274. The van der Waals surface area contributed by atoms with E-state index in [2.05, 4.69) is 31.9 Å². The fourth-order valence-corrected chi connectivity index (χ4v) is 5.92. The molecule has 0 aliphatic carbocycles. The highest BCUT2D eigenvalue weighted by atomic mass is 79.9. The molecular weight excluding hydrogens is 470 g/mol.